The van der Waals surface area contributed by atoms with E-state index in [9.17, 15) is 14.7 Å². The minimum absolute atomic E-state index is 0.0165. The number of aryl methyl sites for hydroxylation is 1. The van der Waals surface area contributed by atoms with E-state index in [0.29, 0.717) is 16.4 Å². The molecule has 1 aromatic heterocycles. The lowest BCUT2D eigenvalue weighted by atomic mass is 9.95. The summed E-state index contributed by atoms with van der Waals surface area (Å²) in [6, 6.07) is 21.5. The first-order valence-electron chi connectivity index (χ1n) is 11.0. The van der Waals surface area contributed by atoms with Crippen molar-refractivity contribution in [3.05, 3.63) is 107 Å². The summed E-state index contributed by atoms with van der Waals surface area (Å²) >= 11 is 1.35. The highest BCUT2D eigenvalue weighted by Crippen LogP contribution is 2.44. The second-order valence-corrected chi connectivity index (χ2v) is 9.20. The maximum Gasteiger partial charge on any atom is 0.296 e. The van der Waals surface area contributed by atoms with Crippen LogP contribution in [0.1, 0.15) is 22.7 Å². The number of ketones is 1. The van der Waals surface area contributed by atoms with Crippen LogP contribution in [0.5, 0.6) is 5.75 Å². The summed E-state index contributed by atoms with van der Waals surface area (Å²) in [7, 11) is 1.57. The zero-order valence-corrected chi connectivity index (χ0v) is 20.0. The molecule has 0 aliphatic carbocycles. The summed E-state index contributed by atoms with van der Waals surface area (Å²) in [6.45, 7) is 1.99. The van der Waals surface area contributed by atoms with Crippen LogP contribution in [0.15, 0.2) is 90.2 Å². The number of benzene rings is 3. The topological polar surface area (TPSA) is 79.7 Å². The van der Waals surface area contributed by atoms with E-state index < -0.39 is 23.5 Å². The minimum atomic E-state index is -0.831. The molecule has 0 saturated heterocycles. The number of hydrogen-bond acceptors (Lipinski definition) is 6. The number of aromatic nitrogens is 1. The zero-order chi connectivity index (χ0) is 24.5. The number of carbonyl (C=O) groups excluding carboxylic acids is 2. The Morgan fingerprint density at radius 3 is 2.54 bits per heavy atom. The first-order chi connectivity index (χ1) is 17.0. The first kappa shape index (κ1) is 22.6. The van der Waals surface area contributed by atoms with Crippen LogP contribution in [-0.2, 0) is 9.59 Å². The number of aliphatic hydroxyl groups excluding tert-OH is 1. The summed E-state index contributed by atoms with van der Waals surface area (Å²) < 4.78 is 6.19. The zero-order valence-electron chi connectivity index (χ0n) is 19.1. The van der Waals surface area contributed by atoms with E-state index in [-0.39, 0.29) is 5.57 Å². The third kappa shape index (κ3) is 4.22. The van der Waals surface area contributed by atoms with E-state index in [4.69, 9.17) is 4.74 Å². The number of rotatable bonds is 6. The lowest BCUT2D eigenvalue weighted by molar-refractivity contribution is -0.117. The molecule has 0 radical (unpaired) electrons. The highest BCUT2D eigenvalue weighted by molar-refractivity contribution is 7.22. The number of ether oxygens (including phenoxy) is 1. The Balaban J connectivity index is 1.60. The Labute approximate surface area is 206 Å². The smallest absolute Gasteiger partial charge is 0.296 e. The normalized spacial score (nSPS) is 16.0. The van der Waals surface area contributed by atoms with E-state index in [1.165, 1.54) is 22.3 Å². The van der Waals surface area contributed by atoms with Crippen molar-refractivity contribution in [3.63, 3.8) is 0 Å². The van der Waals surface area contributed by atoms with E-state index in [1.54, 1.807) is 37.5 Å². The second-order valence-electron chi connectivity index (χ2n) is 8.19. The highest BCUT2D eigenvalue weighted by atomic mass is 32.1. The molecule has 1 aliphatic rings. The van der Waals surface area contributed by atoms with Gasteiger partial charge < -0.3 is 9.84 Å². The van der Waals surface area contributed by atoms with Crippen molar-refractivity contribution in [1.29, 1.82) is 0 Å². The number of fused-ring (bicyclic) bond motifs is 1. The Bertz CT molecular complexity index is 1490. The molecule has 0 bridgehead atoms. The first-order valence-corrected chi connectivity index (χ1v) is 11.8. The van der Waals surface area contributed by atoms with Crippen LogP contribution in [0.25, 0.3) is 16.3 Å². The van der Waals surface area contributed by atoms with Crippen LogP contribution in [0, 0.1) is 6.92 Å². The molecule has 1 N–H and O–H groups in total. The van der Waals surface area contributed by atoms with Crippen LogP contribution in [0.3, 0.4) is 0 Å². The molecule has 1 amide bonds. The molecule has 1 atom stereocenters. The quantitative estimate of drug-likeness (QED) is 0.352. The Hall–Kier alpha value is -4.23. The van der Waals surface area contributed by atoms with Crippen LogP contribution in [0.2, 0.25) is 0 Å². The van der Waals surface area contributed by atoms with E-state index in [0.717, 1.165) is 21.3 Å². The third-order valence-electron chi connectivity index (χ3n) is 5.87. The van der Waals surface area contributed by atoms with Crippen LogP contribution < -0.4 is 9.64 Å². The highest BCUT2D eigenvalue weighted by Gasteiger charge is 2.45. The number of thiazole rings is 1. The number of hydrogen-bond donors (Lipinski definition) is 1. The number of allylic oxidation sites excluding steroid dienone is 1. The van der Waals surface area contributed by atoms with Gasteiger partial charge in [-0.15, -0.1) is 0 Å². The summed E-state index contributed by atoms with van der Waals surface area (Å²) in [4.78, 5) is 32.7. The van der Waals surface area contributed by atoms with Gasteiger partial charge in [0.2, 0.25) is 0 Å². The van der Waals surface area contributed by atoms with Gasteiger partial charge in [0.25, 0.3) is 5.91 Å². The fraction of sp³-hybridized carbons (Fsp3) is 0.107. The monoisotopic (exact) mass is 482 g/mol. The summed E-state index contributed by atoms with van der Waals surface area (Å²) in [5.74, 6) is -1.02. The molecule has 174 valence electrons. The number of carbonyl (C=O) groups is 2. The molecule has 1 aliphatic heterocycles. The van der Waals surface area contributed by atoms with Crippen molar-refractivity contribution in [3.8, 4) is 5.75 Å². The number of aliphatic hydroxyl groups is 1. The number of nitrogens with zero attached hydrogens (tertiary/aromatic N) is 2. The maximum absolute atomic E-state index is 13.3. The molecule has 4 aromatic rings. The van der Waals surface area contributed by atoms with E-state index in [1.807, 2.05) is 55.5 Å². The molecule has 0 fully saturated rings. The van der Waals surface area contributed by atoms with Crippen molar-refractivity contribution in [2.75, 3.05) is 12.0 Å². The molecule has 0 spiro atoms. The van der Waals surface area contributed by atoms with Crippen LogP contribution in [0.4, 0.5) is 5.13 Å². The molecular weight excluding hydrogens is 460 g/mol. The second kappa shape index (κ2) is 9.19. The van der Waals surface area contributed by atoms with Crippen molar-refractivity contribution < 1.29 is 19.4 Å². The standard InChI is InChI=1S/C28H22N2O4S/c1-17-8-14-21-23(16-17)35-28(29-21)30-25(19-10-12-20(34-2)13-11-19)24(26(32)27(30)33)22(31)15-9-18-6-4-3-5-7-18/h3-16,25,32H,1-2H3. The fourth-order valence-electron chi connectivity index (χ4n) is 4.10. The molecule has 7 heteroatoms. The van der Waals surface area contributed by atoms with Crippen molar-refractivity contribution in [1.82, 2.24) is 4.98 Å². The molecular formula is C28H22N2O4S. The van der Waals surface area contributed by atoms with Gasteiger partial charge in [0, 0.05) is 0 Å². The maximum atomic E-state index is 13.3. The van der Waals surface area contributed by atoms with E-state index in [2.05, 4.69) is 4.98 Å². The Morgan fingerprint density at radius 2 is 1.83 bits per heavy atom. The van der Waals surface area contributed by atoms with Gasteiger partial charge in [0.15, 0.2) is 16.7 Å². The third-order valence-corrected chi connectivity index (χ3v) is 6.89. The Morgan fingerprint density at radius 1 is 1.09 bits per heavy atom. The molecule has 0 saturated carbocycles. The fourth-order valence-corrected chi connectivity index (χ4v) is 5.19. The van der Waals surface area contributed by atoms with Crippen molar-refractivity contribution in [2.45, 2.75) is 13.0 Å². The SMILES string of the molecule is COc1ccc(C2C(C(=O)C=Cc3ccccc3)=C(O)C(=O)N2c2nc3ccc(C)cc3s2)cc1. The van der Waals surface area contributed by atoms with Gasteiger partial charge in [-0.3, -0.25) is 14.5 Å². The Kier molecular flexibility index (Phi) is 5.93. The number of amides is 1. The largest absolute Gasteiger partial charge is 0.503 e. The lowest BCUT2D eigenvalue weighted by Gasteiger charge is -2.24. The number of methoxy groups -OCH3 is 1. The molecule has 5 rings (SSSR count). The summed E-state index contributed by atoms with van der Waals surface area (Å²) in [5, 5.41) is 11.3. The predicted octanol–water partition coefficient (Wildman–Crippen LogP) is 5.80. The summed E-state index contributed by atoms with van der Waals surface area (Å²) in [6.07, 6.45) is 3.05. The van der Waals surface area contributed by atoms with Gasteiger partial charge in [-0.25, -0.2) is 4.98 Å². The minimum Gasteiger partial charge on any atom is -0.503 e. The van der Waals surface area contributed by atoms with Gasteiger partial charge in [-0.05, 0) is 54.0 Å². The van der Waals surface area contributed by atoms with Crippen LogP contribution in [-0.4, -0.2) is 28.9 Å². The molecule has 6 nitrogen and oxygen atoms in total. The van der Waals surface area contributed by atoms with Gasteiger partial charge in [0.05, 0.1) is 28.9 Å². The predicted molar refractivity (Wildman–Crippen MR) is 138 cm³/mol. The lowest BCUT2D eigenvalue weighted by Crippen LogP contribution is -2.30. The van der Waals surface area contributed by atoms with Crippen molar-refractivity contribution >= 4 is 44.5 Å². The van der Waals surface area contributed by atoms with Gasteiger partial charge in [-0.2, -0.15) is 0 Å². The van der Waals surface area contributed by atoms with Crippen LogP contribution >= 0.6 is 11.3 Å². The van der Waals surface area contributed by atoms with Crippen molar-refractivity contribution in [2.24, 2.45) is 0 Å². The average Bonchev–Trinajstić information content (AvgIpc) is 3.41. The van der Waals surface area contributed by atoms with Gasteiger partial charge >= 0.3 is 0 Å². The molecule has 1 unspecified atom stereocenters. The van der Waals surface area contributed by atoms with Gasteiger partial charge in [0.1, 0.15) is 5.75 Å². The number of anilines is 1. The average molecular weight is 483 g/mol. The van der Waals surface area contributed by atoms with Gasteiger partial charge in [-0.1, -0.05) is 65.9 Å². The summed E-state index contributed by atoms with van der Waals surface area (Å²) in [5.41, 5.74) is 3.35. The van der Waals surface area contributed by atoms with E-state index >= 15 is 0 Å². The molecule has 2 heterocycles. The molecule has 3 aromatic carbocycles. The molecule has 35 heavy (non-hydrogen) atoms.